The van der Waals surface area contributed by atoms with E-state index in [1.54, 1.807) is 24.3 Å². The number of hydrogen-bond donors (Lipinski definition) is 2. The average Bonchev–Trinajstić information content (AvgIpc) is 3.49. The Bertz CT molecular complexity index is 1150. The lowest BCUT2D eigenvalue weighted by Crippen LogP contribution is -2.48. The molecule has 0 radical (unpaired) electrons. The van der Waals surface area contributed by atoms with Crippen LogP contribution in [0.3, 0.4) is 0 Å². The fourth-order valence-corrected chi connectivity index (χ4v) is 4.41. The second-order valence-corrected chi connectivity index (χ2v) is 8.85. The van der Waals surface area contributed by atoms with Crippen molar-refractivity contribution < 1.29 is 24.2 Å². The van der Waals surface area contributed by atoms with Gasteiger partial charge in [0.1, 0.15) is 5.75 Å². The van der Waals surface area contributed by atoms with E-state index >= 15 is 0 Å². The third-order valence-corrected chi connectivity index (χ3v) is 6.62. The molecular formula is C29H31NO5. The molecule has 2 aromatic rings. The fraction of sp³-hybridized carbons (Fsp3) is 0.310. The van der Waals surface area contributed by atoms with E-state index in [4.69, 9.17) is 14.6 Å². The van der Waals surface area contributed by atoms with Crippen molar-refractivity contribution in [3.63, 3.8) is 0 Å². The Kier molecular flexibility index (Phi) is 7.51. The topological polar surface area (TPSA) is 84.9 Å². The predicted molar refractivity (Wildman–Crippen MR) is 135 cm³/mol. The molecule has 6 nitrogen and oxygen atoms in total. The van der Waals surface area contributed by atoms with Crippen LogP contribution in [0.4, 0.5) is 0 Å². The lowest BCUT2D eigenvalue weighted by atomic mass is 9.73. The van der Waals surface area contributed by atoms with Crippen molar-refractivity contribution in [1.29, 1.82) is 0 Å². The van der Waals surface area contributed by atoms with Crippen LogP contribution in [0.25, 0.3) is 11.1 Å². The first-order valence-corrected chi connectivity index (χ1v) is 12.0. The highest BCUT2D eigenvalue weighted by Gasteiger charge is 2.42. The van der Waals surface area contributed by atoms with Crippen molar-refractivity contribution in [2.75, 3.05) is 19.8 Å². The van der Waals surface area contributed by atoms with Gasteiger partial charge in [0.25, 0.3) is 0 Å². The van der Waals surface area contributed by atoms with Gasteiger partial charge in [0, 0.05) is 13.2 Å². The van der Waals surface area contributed by atoms with Crippen LogP contribution in [0.2, 0.25) is 0 Å². The molecule has 1 heterocycles. The summed E-state index contributed by atoms with van der Waals surface area (Å²) in [6.45, 7) is 5.49. The zero-order valence-electron chi connectivity index (χ0n) is 20.1. The molecule has 1 atom stereocenters. The van der Waals surface area contributed by atoms with Crippen molar-refractivity contribution in [3.05, 3.63) is 89.5 Å². The molecule has 2 aromatic carbocycles. The normalized spacial score (nSPS) is 15.7. The van der Waals surface area contributed by atoms with Crippen LogP contribution in [0.1, 0.15) is 54.2 Å². The fourth-order valence-electron chi connectivity index (χ4n) is 4.41. The van der Waals surface area contributed by atoms with Gasteiger partial charge < -0.3 is 19.9 Å². The van der Waals surface area contributed by atoms with Crippen LogP contribution in [0.5, 0.6) is 5.75 Å². The van der Waals surface area contributed by atoms with Gasteiger partial charge in [-0.15, -0.1) is 0 Å². The predicted octanol–water partition coefficient (Wildman–Crippen LogP) is 5.38. The highest BCUT2D eigenvalue weighted by atomic mass is 16.5. The minimum absolute atomic E-state index is 0.0419. The van der Waals surface area contributed by atoms with Crippen LogP contribution in [-0.4, -0.2) is 36.8 Å². The van der Waals surface area contributed by atoms with E-state index in [1.807, 2.05) is 38.1 Å². The van der Waals surface area contributed by atoms with Gasteiger partial charge in [-0.25, -0.2) is 4.79 Å². The van der Waals surface area contributed by atoms with Gasteiger partial charge in [0.2, 0.25) is 5.91 Å². The first kappa shape index (κ1) is 24.5. The summed E-state index contributed by atoms with van der Waals surface area (Å²) in [6.07, 6.45) is 1.22. The maximum absolute atomic E-state index is 13.4. The first-order valence-electron chi connectivity index (χ1n) is 12.0. The number of hydrogen-bond acceptors (Lipinski definition) is 4. The number of nitrogens with one attached hydrogen (secondary N) is 1. The zero-order chi connectivity index (χ0) is 24.8. The summed E-state index contributed by atoms with van der Waals surface area (Å²) >= 11 is 0. The van der Waals surface area contributed by atoms with E-state index in [0.29, 0.717) is 32.7 Å². The molecule has 35 heavy (non-hydrogen) atoms. The molecule has 0 saturated carbocycles. The van der Waals surface area contributed by atoms with E-state index in [1.165, 1.54) is 11.1 Å². The molecular weight excluding hydrogens is 442 g/mol. The summed E-state index contributed by atoms with van der Waals surface area (Å²) in [5.74, 6) is -0.226. The van der Waals surface area contributed by atoms with E-state index in [0.717, 1.165) is 16.9 Å². The molecule has 2 N–H and O–H groups in total. The molecule has 3 aliphatic rings. The van der Waals surface area contributed by atoms with Crippen LogP contribution >= 0.6 is 0 Å². The molecule has 0 unspecified atom stereocenters. The molecule has 6 heteroatoms. The molecule has 1 amide bonds. The van der Waals surface area contributed by atoms with Crippen molar-refractivity contribution >= 4 is 11.9 Å². The summed E-state index contributed by atoms with van der Waals surface area (Å²) in [6, 6.07) is 22.5. The second kappa shape index (κ2) is 10.7. The van der Waals surface area contributed by atoms with E-state index in [-0.39, 0.29) is 17.5 Å². The van der Waals surface area contributed by atoms with Gasteiger partial charge in [-0.3, -0.25) is 4.79 Å². The van der Waals surface area contributed by atoms with Gasteiger partial charge in [-0.1, -0.05) is 42.5 Å². The SMILES string of the molecule is CCOc1ccc(C2(C(=O)N[C@@H](C)c3ccc(C(=O)O)cc3)CCOCC2)cc1.c1cc2cc-2c1. The standard InChI is InChI=1S/C23H27NO5.C6H4/c1-3-29-20-10-8-19(9-11-20)23(12-14-28-15-13-23)22(27)24-16(2)17-4-6-18(7-5-17)21(25)26;1-2-5-4-6(5)3-1/h4-11,16H,3,12-15H2,1-2H3,(H,24,27)(H,25,26);1-4H/t16-;/m0./s1. The van der Waals surface area contributed by atoms with Crippen LogP contribution in [0, 0.1) is 0 Å². The number of amides is 1. The number of carbonyl (C=O) groups excluding carboxylic acids is 1. The largest absolute Gasteiger partial charge is 0.494 e. The van der Waals surface area contributed by atoms with Crippen molar-refractivity contribution in [2.45, 2.75) is 38.1 Å². The number of carboxylic acids is 1. The average molecular weight is 474 g/mol. The monoisotopic (exact) mass is 473 g/mol. The molecule has 182 valence electrons. The quantitative estimate of drug-likeness (QED) is 0.377. The maximum Gasteiger partial charge on any atom is 0.335 e. The summed E-state index contributed by atoms with van der Waals surface area (Å²) in [5, 5.41) is 12.2. The highest BCUT2D eigenvalue weighted by Crippen LogP contribution is 2.37. The Morgan fingerprint density at radius 2 is 1.63 bits per heavy atom. The summed E-state index contributed by atoms with van der Waals surface area (Å²) < 4.78 is 11.0. The second-order valence-electron chi connectivity index (χ2n) is 8.85. The van der Waals surface area contributed by atoms with Crippen molar-refractivity contribution in [2.24, 2.45) is 0 Å². The molecule has 1 fully saturated rings. The molecule has 1 saturated heterocycles. The smallest absolute Gasteiger partial charge is 0.335 e. The molecule has 0 spiro atoms. The Balaban J connectivity index is 0.000000411. The van der Waals surface area contributed by atoms with Crippen LogP contribution in [0.15, 0.2) is 72.8 Å². The number of fused-ring (bicyclic) bond motifs is 1. The van der Waals surface area contributed by atoms with Gasteiger partial charge in [-0.05, 0) is 79.3 Å². The minimum Gasteiger partial charge on any atom is -0.494 e. The molecule has 2 aliphatic carbocycles. The van der Waals surface area contributed by atoms with Gasteiger partial charge in [0.05, 0.1) is 23.6 Å². The Labute approximate surface area is 205 Å². The molecule has 0 bridgehead atoms. The van der Waals surface area contributed by atoms with E-state index in [2.05, 4.69) is 29.6 Å². The highest BCUT2D eigenvalue weighted by molar-refractivity contribution is 5.89. The number of benzene rings is 3. The molecule has 1 aliphatic heterocycles. The van der Waals surface area contributed by atoms with Gasteiger partial charge in [-0.2, -0.15) is 0 Å². The number of ether oxygens (including phenoxy) is 2. The molecule has 5 rings (SSSR count). The lowest BCUT2D eigenvalue weighted by molar-refractivity contribution is -0.131. The molecule has 0 aromatic heterocycles. The summed E-state index contributed by atoms with van der Waals surface area (Å²) in [4.78, 5) is 24.4. The van der Waals surface area contributed by atoms with Crippen LogP contribution in [-0.2, 0) is 14.9 Å². The lowest BCUT2D eigenvalue weighted by Gasteiger charge is -2.37. The van der Waals surface area contributed by atoms with Gasteiger partial charge in [0.15, 0.2) is 0 Å². The van der Waals surface area contributed by atoms with Crippen molar-refractivity contribution in [1.82, 2.24) is 5.32 Å². The maximum atomic E-state index is 13.4. The minimum atomic E-state index is -0.968. The Hall–Kier alpha value is -3.64. The Morgan fingerprint density at radius 1 is 1.00 bits per heavy atom. The summed E-state index contributed by atoms with van der Waals surface area (Å²) in [7, 11) is 0. The number of carbonyl (C=O) groups is 2. The zero-order valence-corrected chi connectivity index (χ0v) is 20.1. The number of aromatic carboxylic acids is 1. The van der Waals surface area contributed by atoms with E-state index < -0.39 is 11.4 Å². The summed E-state index contributed by atoms with van der Waals surface area (Å²) in [5.41, 5.74) is 4.23. The Morgan fingerprint density at radius 3 is 2.11 bits per heavy atom. The third-order valence-electron chi connectivity index (χ3n) is 6.62. The van der Waals surface area contributed by atoms with Gasteiger partial charge >= 0.3 is 5.97 Å². The number of rotatable bonds is 7. The van der Waals surface area contributed by atoms with Crippen LogP contribution < -0.4 is 10.1 Å². The van der Waals surface area contributed by atoms with Crippen molar-refractivity contribution in [3.8, 4) is 16.9 Å². The number of carboxylic acid groups (broad SMARTS) is 1. The third kappa shape index (κ3) is 5.72. The van der Waals surface area contributed by atoms with E-state index in [9.17, 15) is 9.59 Å². The first-order chi connectivity index (χ1) is 16.9.